The Kier molecular flexibility index (Phi) is 2.68. The molecule has 0 saturated heterocycles. The summed E-state index contributed by atoms with van der Waals surface area (Å²) in [6.07, 6.45) is 1.75. The third-order valence-electron chi connectivity index (χ3n) is 2.18. The number of H-pyrrole nitrogens is 1. The molecule has 0 bridgehead atoms. The van der Waals surface area contributed by atoms with Crippen LogP contribution >= 0.6 is 11.8 Å². The van der Waals surface area contributed by atoms with Gasteiger partial charge in [0.25, 0.3) is 0 Å². The molecule has 1 aromatic heterocycles. The summed E-state index contributed by atoms with van der Waals surface area (Å²) in [5.74, 6) is 0.625. The van der Waals surface area contributed by atoms with Crippen LogP contribution in [-0.4, -0.2) is 10.2 Å². The van der Waals surface area contributed by atoms with Gasteiger partial charge in [-0.2, -0.15) is 5.10 Å². The smallest absolute Gasteiger partial charge is 0.133 e. The molecule has 0 unspecified atom stereocenters. The van der Waals surface area contributed by atoms with Crippen molar-refractivity contribution in [1.29, 1.82) is 0 Å². The van der Waals surface area contributed by atoms with E-state index >= 15 is 0 Å². The summed E-state index contributed by atoms with van der Waals surface area (Å²) in [6, 6.07) is 6.38. The highest BCUT2D eigenvalue weighted by atomic mass is 32.2. The Bertz CT molecular complexity index is 476. The van der Waals surface area contributed by atoms with Crippen molar-refractivity contribution in [3.05, 3.63) is 35.5 Å². The standard InChI is InChI=1S/C11H13N3S/c1-7-3-4-9(8(2)5-7)15-10-6-13-14-11(10)12/h3-6H,1-2H3,(H3,12,13,14). The van der Waals surface area contributed by atoms with E-state index in [1.54, 1.807) is 18.0 Å². The van der Waals surface area contributed by atoms with E-state index in [2.05, 4.69) is 42.2 Å². The fraction of sp³-hybridized carbons (Fsp3) is 0.182. The fourth-order valence-electron chi connectivity index (χ4n) is 1.40. The molecule has 0 amide bonds. The number of nitrogens with zero attached hydrogens (tertiary/aromatic N) is 1. The number of aromatic amines is 1. The highest BCUT2D eigenvalue weighted by Gasteiger charge is 2.05. The second kappa shape index (κ2) is 3.98. The van der Waals surface area contributed by atoms with Crippen LogP contribution < -0.4 is 5.73 Å². The average molecular weight is 219 g/mol. The van der Waals surface area contributed by atoms with E-state index < -0.39 is 0 Å². The van der Waals surface area contributed by atoms with Crippen LogP contribution in [0.2, 0.25) is 0 Å². The Hall–Kier alpha value is -1.42. The van der Waals surface area contributed by atoms with Gasteiger partial charge in [0, 0.05) is 4.90 Å². The maximum absolute atomic E-state index is 5.73. The molecule has 0 aliphatic heterocycles. The number of rotatable bonds is 2. The first kappa shape index (κ1) is 10.1. The topological polar surface area (TPSA) is 54.7 Å². The second-order valence-corrected chi connectivity index (χ2v) is 4.60. The lowest BCUT2D eigenvalue weighted by atomic mass is 10.2. The number of benzene rings is 1. The summed E-state index contributed by atoms with van der Waals surface area (Å²) >= 11 is 1.64. The van der Waals surface area contributed by atoms with Gasteiger partial charge in [-0.1, -0.05) is 29.5 Å². The number of anilines is 1. The van der Waals surface area contributed by atoms with E-state index in [1.165, 1.54) is 16.0 Å². The number of nitrogen functional groups attached to an aromatic ring is 1. The van der Waals surface area contributed by atoms with Gasteiger partial charge in [0.15, 0.2) is 0 Å². The molecule has 1 aromatic carbocycles. The van der Waals surface area contributed by atoms with Crippen LogP contribution in [0.25, 0.3) is 0 Å². The van der Waals surface area contributed by atoms with E-state index in [1.807, 2.05) is 0 Å². The molecule has 4 heteroatoms. The summed E-state index contributed by atoms with van der Waals surface area (Å²) < 4.78 is 0. The summed E-state index contributed by atoms with van der Waals surface area (Å²) in [4.78, 5) is 2.19. The second-order valence-electron chi connectivity index (χ2n) is 3.52. The average Bonchev–Trinajstić information content (AvgIpc) is 2.57. The minimum Gasteiger partial charge on any atom is -0.383 e. The largest absolute Gasteiger partial charge is 0.383 e. The van der Waals surface area contributed by atoms with Crippen molar-refractivity contribution in [2.75, 3.05) is 5.73 Å². The molecule has 0 aliphatic carbocycles. The number of aromatic nitrogens is 2. The molecule has 0 saturated carbocycles. The Balaban J connectivity index is 2.29. The van der Waals surface area contributed by atoms with E-state index in [0.717, 1.165) is 4.90 Å². The van der Waals surface area contributed by atoms with E-state index in [4.69, 9.17) is 5.73 Å². The van der Waals surface area contributed by atoms with Crippen LogP contribution in [-0.2, 0) is 0 Å². The number of nitrogens with two attached hydrogens (primary N) is 1. The van der Waals surface area contributed by atoms with Crippen LogP contribution in [0.3, 0.4) is 0 Å². The van der Waals surface area contributed by atoms with Crippen molar-refractivity contribution < 1.29 is 0 Å². The van der Waals surface area contributed by atoms with Crippen molar-refractivity contribution in [3.63, 3.8) is 0 Å². The molecule has 0 spiro atoms. The van der Waals surface area contributed by atoms with Crippen LogP contribution in [0.1, 0.15) is 11.1 Å². The van der Waals surface area contributed by atoms with Crippen molar-refractivity contribution >= 4 is 17.6 Å². The van der Waals surface area contributed by atoms with E-state index in [0.29, 0.717) is 5.82 Å². The molecule has 2 rings (SSSR count). The first-order valence-electron chi connectivity index (χ1n) is 4.71. The van der Waals surface area contributed by atoms with Gasteiger partial charge in [-0.15, -0.1) is 0 Å². The third kappa shape index (κ3) is 2.15. The van der Waals surface area contributed by atoms with Crippen LogP contribution in [0.4, 0.5) is 5.82 Å². The summed E-state index contributed by atoms with van der Waals surface area (Å²) in [6.45, 7) is 4.19. The lowest BCUT2D eigenvalue weighted by Gasteiger charge is -2.05. The molecule has 0 aliphatic rings. The molecule has 78 valence electrons. The van der Waals surface area contributed by atoms with Gasteiger partial charge in [-0.25, -0.2) is 0 Å². The molecule has 2 aromatic rings. The van der Waals surface area contributed by atoms with Crippen molar-refractivity contribution in [2.24, 2.45) is 0 Å². The number of aryl methyl sites for hydroxylation is 2. The van der Waals surface area contributed by atoms with E-state index in [-0.39, 0.29) is 0 Å². The predicted octanol–water partition coefficient (Wildman–Crippen LogP) is 2.76. The molecule has 0 atom stereocenters. The molecule has 0 fully saturated rings. The maximum Gasteiger partial charge on any atom is 0.133 e. The molecule has 0 radical (unpaired) electrons. The molecule has 15 heavy (non-hydrogen) atoms. The van der Waals surface area contributed by atoms with Gasteiger partial charge in [0.1, 0.15) is 5.82 Å². The summed E-state index contributed by atoms with van der Waals surface area (Å²) in [7, 11) is 0. The zero-order valence-electron chi connectivity index (χ0n) is 8.74. The van der Waals surface area contributed by atoms with Gasteiger partial charge in [0.05, 0.1) is 11.1 Å². The van der Waals surface area contributed by atoms with E-state index in [9.17, 15) is 0 Å². The minimum atomic E-state index is 0.625. The zero-order valence-corrected chi connectivity index (χ0v) is 9.56. The molecule has 3 N–H and O–H groups in total. The monoisotopic (exact) mass is 219 g/mol. The highest BCUT2D eigenvalue weighted by Crippen LogP contribution is 2.32. The minimum absolute atomic E-state index is 0.625. The fourth-order valence-corrected chi connectivity index (χ4v) is 2.25. The maximum atomic E-state index is 5.73. The summed E-state index contributed by atoms with van der Waals surface area (Å²) in [5.41, 5.74) is 8.27. The normalized spacial score (nSPS) is 10.5. The van der Waals surface area contributed by atoms with Crippen LogP contribution in [0.15, 0.2) is 34.2 Å². The van der Waals surface area contributed by atoms with Gasteiger partial charge >= 0.3 is 0 Å². The van der Waals surface area contributed by atoms with Gasteiger partial charge in [0.2, 0.25) is 0 Å². The Morgan fingerprint density at radius 2 is 2.07 bits per heavy atom. The number of hydrogen-bond donors (Lipinski definition) is 2. The SMILES string of the molecule is Cc1ccc(Sc2cn[nH]c2N)c(C)c1. The highest BCUT2D eigenvalue weighted by molar-refractivity contribution is 7.99. The van der Waals surface area contributed by atoms with Gasteiger partial charge in [-0.05, 0) is 25.5 Å². The van der Waals surface area contributed by atoms with Gasteiger partial charge in [-0.3, -0.25) is 5.10 Å². The molecular weight excluding hydrogens is 206 g/mol. The lowest BCUT2D eigenvalue weighted by Crippen LogP contribution is -1.87. The van der Waals surface area contributed by atoms with Crippen LogP contribution in [0.5, 0.6) is 0 Å². The predicted molar refractivity (Wildman–Crippen MR) is 63.0 cm³/mol. The van der Waals surface area contributed by atoms with Gasteiger partial charge < -0.3 is 5.73 Å². The lowest BCUT2D eigenvalue weighted by molar-refractivity contribution is 1.10. The number of hydrogen-bond acceptors (Lipinski definition) is 3. The first-order valence-corrected chi connectivity index (χ1v) is 5.52. The van der Waals surface area contributed by atoms with Crippen molar-refractivity contribution in [1.82, 2.24) is 10.2 Å². The Labute approximate surface area is 93.1 Å². The third-order valence-corrected chi connectivity index (χ3v) is 3.41. The van der Waals surface area contributed by atoms with Crippen LogP contribution in [0, 0.1) is 13.8 Å². The summed E-state index contributed by atoms with van der Waals surface area (Å²) in [5, 5.41) is 6.62. The Morgan fingerprint density at radius 1 is 1.27 bits per heavy atom. The molecular formula is C11H13N3S. The molecule has 1 heterocycles. The first-order chi connectivity index (χ1) is 7.16. The quantitative estimate of drug-likeness (QED) is 0.816. The molecule has 3 nitrogen and oxygen atoms in total. The van der Waals surface area contributed by atoms with Crippen molar-refractivity contribution in [2.45, 2.75) is 23.6 Å². The zero-order chi connectivity index (χ0) is 10.8. The Morgan fingerprint density at radius 3 is 2.67 bits per heavy atom. The van der Waals surface area contributed by atoms with Crippen molar-refractivity contribution in [3.8, 4) is 0 Å². The number of nitrogens with one attached hydrogen (secondary N) is 1.